The number of hydrogen-bond acceptors (Lipinski definition) is 5. The zero-order valence-corrected chi connectivity index (χ0v) is 12.2. The van der Waals surface area contributed by atoms with E-state index in [0.29, 0.717) is 0 Å². The average molecular weight is 283 g/mol. The number of thioether (sulfide) groups is 1. The van der Waals surface area contributed by atoms with Crippen LogP contribution in [0.25, 0.3) is 0 Å². The van der Waals surface area contributed by atoms with Gasteiger partial charge >= 0.3 is 0 Å². The van der Waals surface area contributed by atoms with E-state index in [1.165, 1.54) is 5.69 Å². The Balaban J connectivity index is 1.76. The lowest BCUT2D eigenvalue weighted by molar-refractivity contribution is 0.271. The highest BCUT2D eigenvalue weighted by molar-refractivity contribution is 7.99. The molecule has 0 saturated carbocycles. The second-order valence-corrected chi connectivity index (χ2v) is 6.18. The summed E-state index contributed by atoms with van der Waals surface area (Å²) in [6.07, 6.45) is 3.84. The van der Waals surface area contributed by atoms with Crippen LogP contribution in [0.3, 0.4) is 0 Å². The van der Waals surface area contributed by atoms with Crippen molar-refractivity contribution in [3.8, 4) is 0 Å². The molecule has 0 unspecified atom stereocenters. The van der Waals surface area contributed by atoms with Crippen molar-refractivity contribution >= 4 is 23.1 Å². The molecule has 0 bridgehead atoms. The van der Waals surface area contributed by atoms with Crippen molar-refractivity contribution in [2.45, 2.75) is 31.5 Å². The summed E-state index contributed by atoms with van der Waals surface area (Å²) < 4.78 is 1.94. The Morgan fingerprint density at radius 2 is 2.33 bits per heavy atom. The molecule has 1 N–H and O–H groups in total. The van der Waals surface area contributed by atoms with Gasteiger partial charge in [0.2, 0.25) is 0 Å². The number of imidazole rings is 1. The first kappa shape index (κ1) is 13.6. The van der Waals surface area contributed by atoms with Gasteiger partial charge in [0.25, 0.3) is 0 Å². The fourth-order valence-electron chi connectivity index (χ4n) is 1.65. The van der Waals surface area contributed by atoms with Crippen LogP contribution < -0.4 is 0 Å². The van der Waals surface area contributed by atoms with E-state index in [0.717, 1.165) is 34.5 Å². The normalized spacial score (nSPS) is 11.1. The zero-order chi connectivity index (χ0) is 13.0. The Morgan fingerprint density at radius 3 is 2.94 bits per heavy atom. The van der Waals surface area contributed by atoms with E-state index in [-0.39, 0.29) is 6.61 Å². The van der Waals surface area contributed by atoms with Crippen molar-refractivity contribution < 1.29 is 5.11 Å². The predicted octanol–water partition coefficient (Wildman–Crippen LogP) is 2.40. The van der Waals surface area contributed by atoms with Gasteiger partial charge in [-0.3, -0.25) is 0 Å². The molecule has 18 heavy (non-hydrogen) atoms. The molecule has 0 amide bonds. The van der Waals surface area contributed by atoms with Crippen molar-refractivity contribution in [2.75, 3.05) is 5.75 Å². The highest BCUT2D eigenvalue weighted by Crippen LogP contribution is 2.19. The van der Waals surface area contributed by atoms with Gasteiger partial charge in [0, 0.05) is 18.2 Å². The standard InChI is InChI=1S/C12H17N3OS2/c1-9-14-10(8-18-9)4-3-5-17-12-13-6-11(7-16)15(12)2/h6,8,16H,3-5,7H2,1-2H3. The van der Waals surface area contributed by atoms with Crippen molar-refractivity contribution in [1.82, 2.24) is 14.5 Å². The summed E-state index contributed by atoms with van der Waals surface area (Å²) in [6, 6.07) is 0. The first-order chi connectivity index (χ1) is 8.70. The van der Waals surface area contributed by atoms with E-state index < -0.39 is 0 Å². The van der Waals surface area contributed by atoms with Crippen LogP contribution in [0, 0.1) is 6.92 Å². The van der Waals surface area contributed by atoms with Gasteiger partial charge in [0.15, 0.2) is 5.16 Å². The molecule has 0 saturated heterocycles. The molecule has 2 heterocycles. The molecule has 0 atom stereocenters. The van der Waals surface area contributed by atoms with Crippen LogP contribution in [0.1, 0.15) is 22.8 Å². The molecule has 0 aliphatic heterocycles. The van der Waals surface area contributed by atoms with E-state index in [1.807, 2.05) is 18.5 Å². The SMILES string of the molecule is Cc1nc(CCCSc2ncc(CO)n2C)cs1. The first-order valence-corrected chi connectivity index (χ1v) is 7.72. The largest absolute Gasteiger partial charge is 0.390 e. The molecule has 2 aromatic heterocycles. The number of hydrogen-bond donors (Lipinski definition) is 1. The van der Waals surface area contributed by atoms with Gasteiger partial charge < -0.3 is 9.67 Å². The van der Waals surface area contributed by atoms with E-state index >= 15 is 0 Å². The van der Waals surface area contributed by atoms with Crippen molar-refractivity contribution in [3.05, 3.63) is 28.0 Å². The second kappa shape index (κ2) is 6.36. The van der Waals surface area contributed by atoms with E-state index in [2.05, 4.69) is 15.3 Å². The maximum atomic E-state index is 9.08. The molecule has 98 valence electrons. The number of aliphatic hydroxyl groups is 1. The molecule has 6 heteroatoms. The summed E-state index contributed by atoms with van der Waals surface area (Å²) >= 11 is 3.43. The summed E-state index contributed by atoms with van der Waals surface area (Å²) in [5.41, 5.74) is 2.04. The lowest BCUT2D eigenvalue weighted by Crippen LogP contribution is -1.98. The number of thiazole rings is 1. The van der Waals surface area contributed by atoms with Gasteiger partial charge in [0.05, 0.1) is 29.2 Å². The summed E-state index contributed by atoms with van der Waals surface area (Å²) in [5, 5.41) is 13.3. The first-order valence-electron chi connectivity index (χ1n) is 5.86. The molecule has 2 rings (SSSR count). The van der Waals surface area contributed by atoms with Crippen LogP contribution in [0.15, 0.2) is 16.7 Å². The van der Waals surface area contributed by atoms with Crippen LogP contribution in [0.5, 0.6) is 0 Å². The van der Waals surface area contributed by atoms with Gasteiger partial charge in [-0.25, -0.2) is 9.97 Å². The number of aromatic nitrogens is 3. The minimum Gasteiger partial charge on any atom is -0.390 e. The molecular formula is C12H17N3OS2. The van der Waals surface area contributed by atoms with Crippen LogP contribution in [-0.2, 0) is 20.1 Å². The molecule has 0 aliphatic carbocycles. The van der Waals surface area contributed by atoms with Gasteiger partial charge in [-0.15, -0.1) is 11.3 Å². The fraction of sp³-hybridized carbons (Fsp3) is 0.500. The third-order valence-electron chi connectivity index (χ3n) is 2.68. The van der Waals surface area contributed by atoms with E-state index in [1.54, 1.807) is 29.3 Å². The molecule has 0 aliphatic rings. The number of aliphatic hydroxyl groups excluding tert-OH is 1. The monoisotopic (exact) mass is 283 g/mol. The Hall–Kier alpha value is -0.850. The summed E-state index contributed by atoms with van der Waals surface area (Å²) in [6.45, 7) is 2.08. The third kappa shape index (κ3) is 3.34. The fourth-order valence-corrected chi connectivity index (χ4v) is 3.20. The summed E-state index contributed by atoms with van der Waals surface area (Å²) in [7, 11) is 1.94. The van der Waals surface area contributed by atoms with Crippen LogP contribution in [-0.4, -0.2) is 25.4 Å². The van der Waals surface area contributed by atoms with Crippen LogP contribution in [0.4, 0.5) is 0 Å². The second-order valence-electron chi connectivity index (χ2n) is 4.06. The van der Waals surface area contributed by atoms with Crippen LogP contribution >= 0.6 is 23.1 Å². The van der Waals surface area contributed by atoms with E-state index in [4.69, 9.17) is 5.11 Å². The molecule has 0 spiro atoms. The molecule has 0 radical (unpaired) electrons. The quantitative estimate of drug-likeness (QED) is 0.653. The van der Waals surface area contributed by atoms with Gasteiger partial charge in [0.1, 0.15) is 0 Å². The third-order valence-corrected chi connectivity index (χ3v) is 4.63. The summed E-state index contributed by atoms with van der Waals surface area (Å²) in [4.78, 5) is 8.73. The minimum absolute atomic E-state index is 0.0438. The Labute approximate surface area is 115 Å². The number of rotatable bonds is 6. The highest BCUT2D eigenvalue weighted by atomic mass is 32.2. The van der Waals surface area contributed by atoms with Gasteiger partial charge in [-0.05, 0) is 19.8 Å². The Morgan fingerprint density at radius 1 is 1.50 bits per heavy atom. The van der Waals surface area contributed by atoms with Crippen molar-refractivity contribution in [3.63, 3.8) is 0 Å². The lowest BCUT2D eigenvalue weighted by atomic mass is 10.3. The minimum atomic E-state index is 0.0438. The van der Waals surface area contributed by atoms with Crippen molar-refractivity contribution in [1.29, 1.82) is 0 Å². The van der Waals surface area contributed by atoms with Crippen LogP contribution in [0.2, 0.25) is 0 Å². The number of aryl methyl sites for hydroxylation is 2. The Kier molecular flexibility index (Phi) is 4.79. The molecule has 4 nitrogen and oxygen atoms in total. The molecule has 2 aromatic rings. The van der Waals surface area contributed by atoms with Gasteiger partial charge in [-0.1, -0.05) is 11.8 Å². The van der Waals surface area contributed by atoms with E-state index in [9.17, 15) is 0 Å². The number of nitrogens with zero attached hydrogens (tertiary/aromatic N) is 3. The van der Waals surface area contributed by atoms with Gasteiger partial charge in [-0.2, -0.15) is 0 Å². The maximum Gasteiger partial charge on any atom is 0.167 e. The molecular weight excluding hydrogens is 266 g/mol. The average Bonchev–Trinajstić information content (AvgIpc) is 2.92. The maximum absolute atomic E-state index is 9.08. The van der Waals surface area contributed by atoms with Crippen molar-refractivity contribution in [2.24, 2.45) is 7.05 Å². The molecule has 0 fully saturated rings. The molecule has 0 aromatic carbocycles. The highest BCUT2D eigenvalue weighted by Gasteiger charge is 2.06. The smallest absolute Gasteiger partial charge is 0.167 e. The predicted molar refractivity (Wildman–Crippen MR) is 75.0 cm³/mol. The Bertz CT molecular complexity index is 507. The lowest BCUT2D eigenvalue weighted by Gasteiger charge is -2.03. The topological polar surface area (TPSA) is 50.9 Å². The zero-order valence-electron chi connectivity index (χ0n) is 10.6. The summed E-state index contributed by atoms with van der Waals surface area (Å²) in [5.74, 6) is 1.02.